The molecule has 0 bridgehead atoms. The Morgan fingerprint density at radius 3 is 1.71 bits per heavy atom. The summed E-state index contributed by atoms with van der Waals surface area (Å²) in [6.45, 7) is 6.47. The van der Waals surface area contributed by atoms with Crippen molar-refractivity contribution in [3.05, 3.63) is 179 Å². The van der Waals surface area contributed by atoms with Gasteiger partial charge in [0.05, 0.1) is 33.5 Å². The van der Waals surface area contributed by atoms with E-state index >= 15 is 0 Å². The number of fused-ring (bicyclic) bond motifs is 4. The number of hydrogen-bond donors (Lipinski definition) is 0. The Morgan fingerprint density at radius 1 is 0.431 bits per heavy atom. The monoisotopic (exact) mass is 658 g/mol. The van der Waals surface area contributed by atoms with Crippen LogP contribution in [0.5, 0.6) is 0 Å². The minimum atomic E-state index is -0.330. The summed E-state index contributed by atoms with van der Waals surface area (Å²) in [5.74, 6) is -0.655. The van der Waals surface area contributed by atoms with Crippen LogP contribution in [0.2, 0.25) is 0 Å². The van der Waals surface area contributed by atoms with Crippen molar-refractivity contribution < 1.29 is 9.59 Å². The van der Waals surface area contributed by atoms with Crippen LogP contribution in [0.15, 0.2) is 152 Å². The van der Waals surface area contributed by atoms with Crippen LogP contribution in [-0.4, -0.2) is 16.4 Å². The van der Waals surface area contributed by atoms with Gasteiger partial charge >= 0.3 is 0 Å². The molecule has 2 heterocycles. The van der Waals surface area contributed by atoms with E-state index in [1.807, 2.05) is 91.0 Å². The average molecular weight is 659 g/mol. The first kappa shape index (κ1) is 30.5. The third-order valence-corrected chi connectivity index (χ3v) is 10.2. The molecule has 0 fully saturated rings. The number of carbonyl (C=O) groups excluding carboxylic acids is 2. The number of carbonyl (C=O) groups is 2. The summed E-state index contributed by atoms with van der Waals surface area (Å²) >= 11 is 0. The highest BCUT2D eigenvalue weighted by Gasteiger charge is 2.39. The zero-order chi connectivity index (χ0) is 34.8. The normalized spacial score (nSPS) is 12.6. The Kier molecular flexibility index (Phi) is 7.08. The molecule has 8 aromatic rings. The van der Waals surface area contributed by atoms with Gasteiger partial charge in [0.2, 0.25) is 0 Å². The van der Waals surface area contributed by atoms with Gasteiger partial charge in [0.1, 0.15) is 0 Å². The summed E-state index contributed by atoms with van der Waals surface area (Å²) in [4.78, 5) is 30.4. The minimum absolute atomic E-state index is 0.325. The van der Waals surface area contributed by atoms with E-state index in [0.29, 0.717) is 22.5 Å². The molecule has 0 atom stereocenters. The maximum Gasteiger partial charge on any atom is 0.268 e. The second-order valence-electron chi connectivity index (χ2n) is 13.5. The van der Waals surface area contributed by atoms with Gasteiger partial charge in [-0.25, -0.2) is 4.90 Å². The van der Waals surface area contributed by atoms with Crippen LogP contribution < -0.4 is 4.90 Å². The largest absolute Gasteiger partial charge is 0.308 e. The highest BCUT2D eigenvalue weighted by atomic mass is 16.2. The molecule has 1 aliphatic heterocycles. The van der Waals surface area contributed by atoms with Crippen LogP contribution in [0.25, 0.3) is 60.9 Å². The van der Waals surface area contributed by atoms with Crippen LogP contribution in [0.3, 0.4) is 0 Å². The molecule has 2 amide bonds. The highest BCUT2D eigenvalue weighted by Crippen LogP contribution is 2.41. The molecule has 244 valence electrons. The number of aryl methyl sites for hydroxylation is 3. The van der Waals surface area contributed by atoms with Crippen LogP contribution in [0.1, 0.15) is 37.4 Å². The van der Waals surface area contributed by atoms with E-state index in [-0.39, 0.29) is 11.8 Å². The predicted molar refractivity (Wildman–Crippen MR) is 209 cm³/mol. The molecular formula is C47H34N2O2. The van der Waals surface area contributed by atoms with Crippen molar-refractivity contribution in [3.63, 3.8) is 0 Å². The van der Waals surface area contributed by atoms with Crippen molar-refractivity contribution in [3.8, 4) is 39.1 Å². The summed E-state index contributed by atoms with van der Waals surface area (Å²) in [5, 5.41) is 2.18. The van der Waals surface area contributed by atoms with Gasteiger partial charge in [-0.05, 0) is 114 Å². The summed E-state index contributed by atoms with van der Waals surface area (Å²) in [6, 6.07) is 51.1. The number of hydrogen-bond acceptors (Lipinski definition) is 2. The van der Waals surface area contributed by atoms with Crippen molar-refractivity contribution in [1.29, 1.82) is 0 Å². The van der Waals surface area contributed by atoms with Gasteiger partial charge in [-0.15, -0.1) is 0 Å². The molecule has 0 unspecified atom stereocenters. The fourth-order valence-electron chi connectivity index (χ4n) is 8.05. The zero-order valence-corrected chi connectivity index (χ0v) is 28.6. The number of aromatic nitrogens is 1. The van der Waals surface area contributed by atoms with Crippen molar-refractivity contribution in [2.75, 3.05) is 4.90 Å². The van der Waals surface area contributed by atoms with E-state index in [4.69, 9.17) is 0 Å². The van der Waals surface area contributed by atoms with E-state index in [1.54, 1.807) is 6.07 Å². The molecule has 7 aromatic carbocycles. The van der Waals surface area contributed by atoms with Gasteiger partial charge in [-0.2, -0.15) is 0 Å². The number of amides is 2. The molecule has 1 aromatic heterocycles. The summed E-state index contributed by atoms with van der Waals surface area (Å²) in [6.07, 6.45) is 0. The first-order valence-corrected chi connectivity index (χ1v) is 17.3. The maximum atomic E-state index is 14.7. The van der Waals surface area contributed by atoms with E-state index in [0.717, 1.165) is 49.6 Å². The quantitative estimate of drug-likeness (QED) is 0.173. The standard InChI is InChI=1S/C47H34N2O2/c1-29-23-30(2)44(31(3)24-29)34-21-22-42-40(28-34)38-17-10-11-19-41(38)49(42)43-20-12-18-39-45(43)47(51)48(46(39)50)37-26-35(32-13-6-4-7-14-32)25-36(27-37)33-15-8-5-9-16-33/h4-28H,1-3H3. The van der Waals surface area contributed by atoms with Gasteiger partial charge in [0.15, 0.2) is 0 Å². The van der Waals surface area contributed by atoms with Gasteiger partial charge < -0.3 is 4.57 Å². The first-order valence-electron chi connectivity index (χ1n) is 17.3. The molecule has 0 saturated heterocycles. The van der Waals surface area contributed by atoms with Crippen LogP contribution >= 0.6 is 0 Å². The van der Waals surface area contributed by atoms with Crippen molar-refractivity contribution >= 4 is 39.3 Å². The number of imide groups is 1. The van der Waals surface area contributed by atoms with E-state index in [2.05, 4.69) is 79.9 Å². The first-order chi connectivity index (χ1) is 24.9. The third-order valence-electron chi connectivity index (χ3n) is 10.2. The lowest BCUT2D eigenvalue weighted by molar-refractivity contribution is 0.0926. The Bertz CT molecular complexity index is 2620. The second-order valence-corrected chi connectivity index (χ2v) is 13.5. The molecule has 0 aliphatic carbocycles. The van der Waals surface area contributed by atoms with Crippen LogP contribution in [0, 0.1) is 20.8 Å². The van der Waals surface area contributed by atoms with Crippen molar-refractivity contribution in [1.82, 2.24) is 4.57 Å². The Morgan fingerprint density at radius 2 is 1.04 bits per heavy atom. The Labute approximate surface area is 296 Å². The number of benzene rings is 7. The molecule has 1 aliphatic rings. The number of rotatable bonds is 5. The minimum Gasteiger partial charge on any atom is -0.308 e. The van der Waals surface area contributed by atoms with Gasteiger partial charge in [0, 0.05) is 10.8 Å². The van der Waals surface area contributed by atoms with Gasteiger partial charge in [0.25, 0.3) is 11.8 Å². The topological polar surface area (TPSA) is 42.3 Å². The predicted octanol–water partition coefficient (Wildman–Crippen LogP) is 11.5. The van der Waals surface area contributed by atoms with E-state index in [1.165, 1.54) is 27.2 Å². The summed E-state index contributed by atoms with van der Waals surface area (Å²) < 4.78 is 2.15. The van der Waals surface area contributed by atoms with Gasteiger partial charge in [-0.1, -0.05) is 109 Å². The fraction of sp³-hybridized carbons (Fsp3) is 0.0638. The van der Waals surface area contributed by atoms with Crippen LogP contribution in [-0.2, 0) is 0 Å². The Hall–Kier alpha value is -6.52. The lowest BCUT2D eigenvalue weighted by Crippen LogP contribution is -2.29. The molecule has 9 rings (SSSR count). The van der Waals surface area contributed by atoms with Crippen LogP contribution in [0.4, 0.5) is 5.69 Å². The molecule has 4 nitrogen and oxygen atoms in total. The molecule has 4 heteroatoms. The molecule has 0 N–H and O–H groups in total. The van der Waals surface area contributed by atoms with E-state index < -0.39 is 0 Å². The summed E-state index contributed by atoms with van der Waals surface area (Å²) in [5.41, 5.74) is 14.0. The number of nitrogens with zero attached hydrogens (tertiary/aromatic N) is 2. The fourth-order valence-corrected chi connectivity index (χ4v) is 8.05. The number of para-hydroxylation sites is 1. The van der Waals surface area contributed by atoms with Gasteiger partial charge in [-0.3, -0.25) is 9.59 Å². The molecule has 0 spiro atoms. The lowest BCUT2D eigenvalue weighted by atomic mass is 9.93. The third kappa shape index (κ3) is 4.91. The average Bonchev–Trinajstić information content (AvgIpc) is 3.62. The molecule has 0 radical (unpaired) electrons. The molecule has 0 saturated carbocycles. The number of anilines is 1. The smallest absolute Gasteiger partial charge is 0.268 e. The molecule has 51 heavy (non-hydrogen) atoms. The van der Waals surface area contributed by atoms with Crippen molar-refractivity contribution in [2.45, 2.75) is 20.8 Å². The Balaban J connectivity index is 1.22. The SMILES string of the molecule is Cc1cc(C)c(-c2ccc3c(c2)c2ccccc2n3-c2cccc3c2C(=O)N(c2cc(-c4ccccc4)cc(-c4ccccc4)c2)C3=O)c(C)c1. The lowest BCUT2D eigenvalue weighted by Gasteiger charge is -2.18. The van der Waals surface area contributed by atoms with E-state index in [9.17, 15) is 9.59 Å². The maximum absolute atomic E-state index is 14.7. The summed E-state index contributed by atoms with van der Waals surface area (Å²) in [7, 11) is 0. The highest BCUT2D eigenvalue weighted by molar-refractivity contribution is 6.36. The van der Waals surface area contributed by atoms with Crippen molar-refractivity contribution in [2.24, 2.45) is 0 Å². The zero-order valence-electron chi connectivity index (χ0n) is 28.6. The molecular weight excluding hydrogens is 625 g/mol. The second kappa shape index (κ2) is 11.8.